The van der Waals surface area contributed by atoms with E-state index in [1.54, 1.807) is 23.1 Å². The molecule has 0 aliphatic rings. The van der Waals surface area contributed by atoms with E-state index in [-0.39, 0.29) is 21.6 Å². The number of amides is 1. The van der Waals surface area contributed by atoms with Crippen LogP contribution in [0.5, 0.6) is 5.75 Å². The maximum Gasteiger partial charge on any atom is 0.266 e. The van der Waals surface area contributed by atoms with Crippen LogP contribution in [-0.2, 0) is 4.79 Å². The summed E-state index contributed by atoms with van der Waals surface area (Å²) < 4.78 is 0. The Morgan fingerprint density at radius 3 is 2.42 bits per heavy atom. The lowest BCUT2D eigenvalue weighted by atomic mass is 10.2. The van der Waals surface area contributed by atoms with Gasteiger partial charge in [-0.25, -0.2) is 0 Å². The molecule has 1 heterocycles. The SMILES string of the molecule is CC(=O)N(c1ccccc1)c1ccccc1Sc1c(O)c2c(Cl)cc(Cl)cc2[nH]c1=O. The van der Waals surface area contributed by atoms with Crippen molar-refractivity contribution < 1.29 is 9.90 Å². The molecule has 0 spiro atoms. The summed E-state index contributed by atoms with van der Waals surface area (Å²) in [5.41, 5.74) is 1.13. The molecule has 0 unspecified atom stereocenters. The lowest BCUT2D eigenvalue weighted by Gasteiger charge is -2.24. The van der Waals surface area contributed by atoms with E-state index in [2.05, 4.69) is 4.98 Å². The third-order valence-corrected chi connectivity index (χ3v) is 6.27. The highest BCUT2D eigenvalue weighted by atomic mass is 35.5. The molecule has 8 heteroatoms. The zero-order valence-corrected chi connectivity index (χ0v) is 18.6. The predicted molar refractivity (Wildman–Crippen MR) is 126 cm³/mol. The van der Waals surface area contributed by atoms with Gasteiger partial charge in [0.05, 0.1) is 21.6 Å². The zero-order chi connectivity index (χ0) is 22.1. The van der Waals surface area contributed by atoms with Crippen LogP contribution in [-0.4, -0.2) is 16.0 Å². The highest BCUT2D eigenvalue weighted by molar-refractivity contribution is 7.99. The summed E-state index contributed by atoms with van der Waals surface area (Å²) in [6, 6.07) is 19.4. The molecule has 1 amide bonds. The maximum absolute atomic E-state index is 12.8. The number of benzene rings is 3. The third kappa shape index (κ3) is 4.14. The molecule has 4 aromatic rings. The number of para-hydroxylation sites is 2. The van der Waals surface area contributed by atoms with Gasteiger partial charge in [-0.2, -0.15) is 0 Å². The molecule has 0 radical (unpaired) electrons. The van der Waals surface area contributed by atoms with E-state index in [9.17, 15) is 14.7 Å². The van der Waals surface area contributed by atoms with Crippen LogP contribution in [0.2, 0.25) is 10.0 Å². The van der Waals surface area contributed by atoms with Gasteiger partial charge in [-0.1, -0.05) is 65.3 Å². The predicted octanol–water partition coefficient (Wildman–Crippen LogP) is 6.38. The molecule has 2 N–H and O–H groups in total. The highest BCUT2D eigenvalue weighted by Crippen LogP contribution is 2.43. The third-order valence-electron chi connectivity index (χ3n) is 4.61. The summed E-state index contributed by atoms with van der Waals surface area (Å²) in [5, 5.41) is 11.7. The van der Waals surface area contributed by atoms with E-state index in [0.717, 1.165) is 11.8 Å². The summed E-state index contributed by atoms with van der Waals surface area (Å²) in [6.07, 6.45) is 0. The van der Waals surface area contributed by atoms with Gasteiger partial charge in [0.2, 0.25) is 5.91 Å². The van der Waals surface area contributed by atoms with Gasteiger partial charge >= 0.3 is 0 Å². The number of fused-ring (bicyclic) bond motifs is 1. The van der Waals surface area contributed by atoms with Gasteiger partial charge in [-0.05, 0) is 36.4 Å². The largest absolute Gasteiger partial charge is 0.506 e. The fourth-order valence-corrected chi connectivity index (χ4v) is 4.87. The number of carbonyl (C=O) groups is 1. The minimum Gasteiger partial charge on any atom is -0.506 e. The molecule has 0 saturated heterocycles. The van der Waals surface area contributed by atoms with Crippen molar-refractivity contribution in [3.63, 3.8) is 0 Å². The van der Waals surface area contributed by atoms with E-state index in [0.29, 0.717) is 32.2 Å². The van der Waals surface area contributed by atoms with Crippen molar-refractivity contribution in [3.05, 3.63) is 87.1 Å². The van der Waals surface area contributed by atoms with Gasteiger partial charge in [-0.3, -0.25) is 14.5 Å². The number of carbonyl (C=O) groups excluding carboxylic acids is 1. The lowest BCUT2D eigenvalue weighted by molar-refractivity contribution is -0.115. The van der Waals surface area contributed by atoms with Crippen molar-refractivity contribution in [2.75, 3.05) is 4.90 Å². The number of hydrogen-bond donors (Lipinski definition) is 2. The van der Waals surface area contributed by atoms with Gasteiger partial charge in [-0.15, -0.1) is 0 Å². The smallest absolute Gasteiger partial charge is 0.266 e. The van der Waals surface area contributed by atoms with Crippen LogP contribution >= 0.6 is 35.0 Å². The Hall–Kier alpha value is -2.93. The van der Waals surface area contributed by atoms with Gasteiger partial charge in [0.1, 0.15) is 10.6 Å². The Morgan fingerprint density at radius 1 is 1.03 bits per heavy atom. The number of H-pyrrole nitrogens is 1. The lowest BCUT2D eigenvalue weighted by Crippen LogP contribution is -2.23. The topological polar surface area (TPSA) is 73.4 Å². The Bertz CT molecular complexity index is 1360. The molecule has 0 saturated carbocycles. The summed E-state index contributed by atoms with van der Waals surface area (Å²) >= 11 is 13.3. The van der Waals surface area contributed by atoms with Crippen molar-refractivity contribution in [2.24, 2.45) is 0 Å². The molecule has 31 heavy (non-hydrogen) atoms. The standard InChI is InChI=1S/C23H16Cl2N2O3S/c1-13(28)27(15-7-3-2-4-8-15)18-9-5-6-10-19(18)31-22-21(29)20-16(25)11-14(24)12-17(20)26-23(22)30/h2-12H,1H3,(H2,26,29,30). The molecule has 0 aliphatic heterocycles. The molecule has 156 valence electrons. The molecule has 3 aromatic carbocycles. The van der Waals surface area contributed by atoms with Crippen molar-refractivity contribution >= 4 is 63.1 Å². The normalized spacial score (nSPS) is 10.9. The molecule has 0 atom stereocenters. The van der Waals surface area contributed by atoms with Crippen LogP contribution < -0.4 is 10.5 Å². The van der Waals surface area contributed by atoms with E-state index >= 15 is 0 Å². The van der Waals surface area contributed by atoms with Gasteiger partial charge in [0, 0.05) is 22.5 Å². The van der Waals surface area contributed by atoms with Gasteiger partial charge in [0.15, 0.2) is 0 Å². The molecule has 5 nitrogen and oxygen atoms in total. The van der Waals surface area contributed by atoms with Crippen LogP contribution in [0.25, 0.3) is 10.9 Å². The van der Waals surface area contributed by atoms with E-state index in [1.165, 1.54) is 19.1 Å². The summed E-state index contributed by atoms with van der Waals surface area (Å²) in [5.74, 6) is -0.428. The number of hydrogen-bond acceptors (Lipinski definition) is 4. The van der Waals surface area contributed by atoms with E-state index in [4.69, 9.17) is 23.2 Å². The Kier molecular flexibility index (Phi) is 5.96. The first-order valence-electron chi connectivity index (χ1n) is 9.23. The zero-order valence-electron chi connectivity index (χ0n) is 16.2. The molecule has 0 bridgehead atoms. The second-order valence-electron chi connectivity index (χ2n) is 6.70. The van der Waals surface area contributed by atoms with Crippen LogP contribution in [0, 0.1) is 0 Å². The van der Waals surface area contributed by atoms with Crippen LogP contribution in [0.15, 0.2) is 81.3 Å². The minimum atomic E-state index is -0.489. The average Bonchev–Trinajstić information content (AvgIpc) is 2.72. The van der Waals surface area contributed by atoms with Crippen molar-refractivity contribution in [3.8, 4) is 5.75 Å². The number of halogens is 2. The second kappa shape index (κ2) is 8.67. The van der Waals surface area contributed by atoms with E-state index < -0.39 is 5.56 Å². The molecule has 0 fully saturated rings. The fraction of sp³-hybridized carbons (Fsp3) is 0.0435. The van der Waals surface area contributed by atoms with Crippen molar-refractivity contribution in [1.82, 2.24) is 4.98 Å². The van der Waals surface area contributed by atoms with Gasteiger partial charge < -0.3 is 10.1 Å². The Balaban J connectivity index is 1.86. The first-order valence-corrected chi connectivity index (χ1v) is 10.8. The number of nitrogens with zero attached hydrogens (tertiary/aromatic N) is 1. The monoisotopic (exact) mass is 470 g/mol. The average molecular weight is 471 g/mol. The van der Waals surface area contributed by atoms with Crippen molar-refractivity contribution in [1.29, 1.82) is 0 Å². The molecular weight excluding hydrogens is 455 g/mol. The number of aromatic nitrogens is 1. The number of rotatable bonds is 4. The Labute approximate surface area is 192 Å². The number of nitrogens with one attached hydrogen (secondary N) is 1. The van der Waals surface area contributed by atoms with Crippen LogP contribution in [0.1, 0.15) is 6.92 Å². The Morgan fingerprint density at radius 2 is 1.71 bits per heavy atom. The van der Waals surface area contributed by atoms with Gasteiger partial charge in [0.25, 0.3) is 5.56 Å². The number of pyridine rings is 1. The summed E-state index contributed by atoms with van der Waals surface area (Å²) in [4.78, 5) is 30.2. The summed E-state index contributed by atoms with van der Waals surface area (Å²) in [6.45, 7) is 1.47. The first kappa shape index (κ1) is 21.3. The second-order valence-corrected chi connectivity index (χ2v) is 8.60. The molecule has 1 aromatic heterocycles. The van der Waals surface area contributed by atoms with Crippen LogP contribution in [0.4, 0.5) is 11.4 Å². The fourth-order valence-electron chi connectivity index (χ4n) is 3.31. The van der Waals surface area contributed by atoms with E-state index in [1.807, 2.05) is 36.4 Å². The summed E-state index contributed by atoms with van der Waals surface area (Å²) in [7, 11) is 0. The number of anilines is 2. The van der Waals surface area contributed by atoms with Crippen LogP contribution in [0.3, 0.4) is 0 Å². The molecule has 0 aliphatic carbocycles. The maximum atomic E-state index is 12.8. The quantitative estimate of drug-likeness (QED) is 0.363. The van der Waals surface area contributed by atoms with Crippen molar-refractivity contribution in [2.45, 2.75) is 16.7 Å². The highest BCUT2D eigenvalue weighted by Gasteiger charge is 2.21. The first-order chi connectivity index (χ1) is 14.9. The number of aromatic hydroxyl groups is 1. The molecular formula is C23H16Cl2N2O3S. The number of aromatic amines is 1. The minimum absolute atomic E-state index is 0.0701. The molecule has 4 rings (SSSR count).